The lowest BCUT2D eigenvalue weighted by atomic mass is 9.76. The van der Waals surface area contributed by atoms with Crippen molar-refractivity contribution < 1.29 is 14.7 Å². The molecule has 1 aromatic carbocycles. The quantitative estimate of drug-likeness (QED) is 0.794. The first-order chi connectivity index (χ1) is 13.5. The number of carbonyl (C=O) groups excluding carboxylic acids is 1. The lowest BCUT2D eigenvalue weighted by Crippen LogP contribution is -2.52. The lowest BCUT2D eigenvalue weighted by Gasteiger charge is -2.38. The predicted molar refractivity (Wildman–Crippen MR) is 111 cm³/mol. The molecule has 0 spiro atoms. The van der Waals surface area contributed by atoms with E-state index in [0.717, 1.165) is 25.2 Å². The van der Waals surface area contributed by atoms with Crippen molar-refractivity contribution in [3.8, 4) is 0 Å². The molecule has 2 unspecified atom stereocenters. The second kappa shape index (κ2) is 9.20. The Morgan fingerprint density at radius 2 is 1.61 bits per heavy atom. The van der Waals surface area contributed by atoms with Crippen LogP contribution in [0.2, 0.25) is 0 Å². The van der Waals surface area contributed by atoms with E-state index < -0.39 is 17.8 Å². The summed E-state index contributed by atoms with van der Waals surface area (Å²) in [5.41, 5.74) is 3.47. The second-order valence-electron chi connectivity index (χ2n) is 7.96. The lowest BCUT2D eigenvalue weighted by molar-refractivity contribution is -0.151. The van der Waals surface area contributed by atoms with Crippen LogP contribution in [0.4, 0.5) is 0 Å². The summed E-state index contributed by atoms with van der Waals surface area (Å²) in [5.74, 6) is -1.86. The molecule has 150 valence electrons. The normalized spacial score (nSPS) is 24.0. The van der Waals surface area contributed by atoms with Crippen LogP contribution >= 0.6 is 0 Å². The molecule has 0 aromatic heterocycles. The highest BCUT2D eigenvalue weighted by Crippen LogP contribution is 2.35. The summed E-state index contributed by atoms with van der Waals surface area (Å²) in [6, 6.07) is 10.2. The highest BCUT2D eigenvalue weighted by molar-refractivity contribution is 5.85. The van der Waals surface area contributed by atoms with E-state index in [1.165, 1.54) is 11.1 Å². The average Bonchev–Trinajstić information content (AvgIpc) is 2.70. The first-order valence-electron chi connectivity index (χ1n) is 10.1. The molecule has 0 bridgehead atoms. The fourth-order valence-corrected chi connectivity index (χ4v) is 4.10. The number of amides is 1. The number of hydrogen-bond acceptors (Lipinski definition) is 3. The Morgan fingerprint density at radius 1 is 1.00 bits per heavy atom. The summed E-state index contributed by atoms with van der Waals surface area (Å²) in [6.07, 6.45) is 5.34. The molecule has 0 saturated carbocycles. The molecule has 1 aliphatic heterocycles. The van der Waals surface area contributed by atoms with E-state index in [9.17, 15) is 14.7 Å². The van der Waals surface area contributed by atoms with E-state index >= 15 is 0 Å². The molecule has 1 amide bonds. The Labute approximate surface area is 167 Å². The Morgan fingerprint density at radius 3 is 2.21 bits per heavy atom. The second-order valence-corrected chi connectivity index (χ2v) is 7.96. The Bertz CT molecular complexity index is 761. The first kappa shape index (κ1) is 20.3. The van der Waals surface area contributed by atoms with Crippen LogP contribution < -0.4 is 0 Å². The third-order valence-electron chi connectivity index (χ3n) is 6.06. The highest BCUT2D eigenvalue weighted by atomic mass is 16.4. The van der Waals surface area contributed by atoms with Crippen LogP contribution in [0.1, 0.15) is 32.3 Å². The molecule has 2 aliphatic rings. The van der Waals surface area contributed by atoms with E-state index in [1.54, 1.807) is 0 Å². The van der Waals surface area contributed by atoms with Gasteiger partial charge >= 0.3 is 5.97 Å². The Kier molecular flexibility index (Phi) is 6.68. The fourth-order valence-electron chi connectivity index (χ4n) is 4.10. The summed E-state index contributed by atoms with van der Waals surface area (Å²) >= 11 is 0. The number of carboxylic acid groups (broad SMARTS) is 1. The van der Waals surface area contributed by atoms with Crippen LogP contribution in [0.15, 0.2) is 47.6 Å². The molecule has 5 heteroatoms. The maximum Gasteiger partial charge on any atom is 0.307 e. The summed E-state index contributed by atoms with van der Waals surface area (Å²) in [4.78, 5) is 28.9. The van der Waals surface area contributed by atoms with Crippen LogP contribution in [-0.4, -0.2) is 59.5 Å². The number of carbonyl (C=O) groups is 2. The van der Waals surface area contributed by atoms with Crippen LogP contribution in [0.3, 0.4) is 0 Å². The molecule has 0 radical (unpaired) electrons. The van der Waals surface area contributed by atoms with Gasteiger partial charge in [0.15, 0.2) is 0 Å². The Hall–Kier alpha value is -2.40. The molecule has 3 rings (SSSR count). The molecule has 1 fully saturated rings. The van der Waals surface area contributed by atoms with Gasteiger partial charge < -0.3 is 10.0 Å². The van der Waals surface area contributed by atoms with Crippen LogP contribution in [0, 0.1) is 11.8 Å². The van der Waals surface area contributed by atoms with Gasteiger partial charge in [0.25, 0.3) is 0 Å². The van der Waals surface area contributed by atoms with Gasteiger partial charge in [0.2, 0.25) is 5.91 Å². The van der Waals surface area contributed by atoms with Crippen molar-refractivity contribution >= 4 is 18.0 Å². The number of rotatable bonds is 5. The van der Waals surface area contributed by atoms with Crippen LogP contribution in [0.5, 0.6) is 0 Å². The van der Waals surface area contributed by atoms with Gasteiger partial charge in [0.1, 0.15) is 0 Å². The smallest absolute Gasteiger partial charge is 0.307 e. The number of carboxylic acids is 1. The summed E-state index contributed by atoms with van der Waals surface area (Å²) in [7, 11) is 0. The molecular weight excluding hydrogens is 352 g/mol. The zero-order valence-corrected chi connectivity index (χ0v) is 16.8. The van der Waals surface area contributed by atoms with E-state index in [1.807, 2.05) is 36.9 Å². The van der Waals surface area contributed by atoms with E-state index in [4.69, 9.17) is 0 Å². The molecule has 28 heavy (non-hydrogen) atoms. The van der Waals surface area contributed by atoms with Crippen molar-refractivity contribution in [2.45, 2.75) is 26.7 Å². The van der Waals surface area contributed by atoms with Crippen LogP contribution in [-0.2, 0) is 9.59 Å². The molecule has 1 aliphatic carbocycles. The van der Waals surface area contributed by atoms with Gasteiger partial charge in [-0.25, -0.2) is 0 Å². The maximum absolute atomic E-state index is 13.0. The number of aliphatic carboxylic acids is 1. The van der Waals surface area contributed by atoms with Crippen molar-refractivity contribution in [2.24, 2.45) is 11.8 Å². The maximum atomic E-state index is 13.0. The Balaban J connectivity index is 1.53. The van der Waals surface area contributed by atoms with E-state index in [2.05, 4.69) is 29.2 Å². The minimum Gasteiger partial charge on any atom is -0.481 e. The van der Waals surface area contributed by atoms with Gasteiger partial charge in [0, 0.05) is 32.7 Å². The van der Waals surface area contributed by atoms with Gasteiger partial charge in [-0.2, -0.15) is 0 Å². The first-order valence-corrected chi connectivity index (χ1v) is 10.1. The summed E-state index contributed by atoms with van der Waals surface area (Å²) < 4.78 is 0. The van der Waals surface area contributed by atoms with Gasteiger partial charge in [-0.05, 0) is 32.3 Å². The van der Waals surface area contributed by atoms with Crippen molar-refractivity contribution in [1.29, 1.82) is 0 Å². The number of piperazine rings is 1. The minimum absolute atomic E-state index is 0.0127. The summed E-state index contributed by atoms with van der Waals surface area (Å²) in [5, 5.41) is 9.58. The molecule has 1 saturated heterocycles. The van der Waals surface area contributed by atoms with Crippen molar-refractivity contribution in [3.63, 3.8) is 0 Å². The number of benzene rings is 1. The van der Waals surface area contributed by atoms with Gasteiger partial charge in [0.05, 0.1) is 11.8 Å². The van der Waals surface area contributed by atoms with Crippen molar-refractivity contribution in [1.82, 2.24) is 9.80 Å². The highest BCUT2D eigenvalue weighted by Gasteiger charge is 2.39. The monoisotopic (exact) mass is 382 g/mol. The largest absolute Gasteiger partial charge is 0.481 e. The van der Waals surface area contributed by atoms with Crippen LogP contribution in [0.25, 0.3) is 6.08 Å². The standard InChI is InChI=1S/C23H30N2O3/c1-17-15-20(21(23(27)28)16-18(17)2)22(26)25-13-11-24(12-14-25)10-6-9-19-7-4-3-5-8-19/h3-9,20-21H,10-16H2,1-2H3,(H,27,28)/b9-6+. The van der Waals surface area contributed by atoms with E-state index in [0.29, 0.717) is 25.9 Å². The number of allylic oxidation sites excluding steroid dienone is 2. The molecule has 5 nitrogen and oxygen atoms in total. The molecule has 1 heterocycles. The topological polar surface area (TPSA) is 60.9 Å². The van der Waals surface area contributed by atoms with Gasteiger partial charge in [-0.15, -0.1) is 0 Å². The zero-order valence-electron chi connectivity index (χ0n) is 16.8. The summed E-state index contributed by atoms with van der Waals surface area (Å²) in [6.45, 7) is 7.84. The van der Waals surface area contributed by atoms with Gasteiger partial charge in [-0.1, -0.05) is 53.6 Å². The predicted octanol–water partition coefficient (Wildman–Crippen LogP) is 3.29. The SMILES string of the molecule is CC1=C(C)CC(C(=O)N2CCN(C/C=C/c3ccccc3)CC2)C(C(=O)O)C1. The zero-order chi connectivity index (χ0) is 20.1. The van der Waals surface area contributed by atoms with Gasteiger partial charge in [-0.3, -0.25) is 14.5 Å². The van der Waals surface area contributed by atoms with Crippen molar-refractivity contribution in [2.75, 3.05) is 32.7 Å². The van der Waals surface area contributed by atoms with Crippen molar-refractivity contribution in [3.05, 3.63) is 53.1 Å². The third kappa shape index (κ3) is 4.90. The number of hydrogen-bond donors (Lipinski definition) is 1. The fraction of sp³-hybridized carbons (Fsp3) is 0.478. The molecule has 2 atom stereocenters. The van der Waals surface area contributed by atoms with E-state index in [-0.39, 0.29) is 5.91 Å². The minimum atomic E-state index is -0.852. The number of nitrogens with zero attached hydrogens (tertiary/aromatic N) is 2. The molecule has 1 N–H and O–H groups in total. The molecule has 1 aromatic rings. The molecular formula is C23H30N2O3. The third-order valence-corrected chi connectivity index (χ3v) is 6.06. The average molecular weight is 383 g/mol.